The van der Waals surface area contributed by atoms with Crippen molar-refractivity contribution in [1.82, 2.24) is 5.32 Å². The molecule has 3 rings (SSSR count). The molecule has 0 aliphatic carbocycles. The van der Waals surface area contributed by atoms with Crippen molar-refractivity contribution in [3.63, 3.8) is 0 Å². The van der Waals surface area contributed by atoms with Crippen molar-refractivity contribution < 1.29 is 9.47 Å². The first-order valence-corrected chi connectivity index (χ1v) is 5.90. The summed E-state index contributed by atoms with van der Waals surface area (Å²) in [6.07, 6.45) is 0. The lowest BCUT2D eigenvalue weighted by Crippen LogP contribution is -2.54. The van der Waals surface area contributed by atoms with Crippen LogP contribution >= 0.6 is 0 Å². The van der Waals surface area contributed by atoms with Crippen molar-refractivity contribution in [2.75, 3.05) is 26.3 Å². The number of hydrogen-bond acceptors (Lipinski definition) is 3. The molecule has 0 amide bonds. The van der Waals surface area contributed by atoms with Crippen molar-refractivity contribution in [3.8, 4) is 5.75 Å². The molecule has 1 fully saturated rings. The minimum Gasteiger partial charge on any atom is -0.493 e. The average molecular weight is 219 g/mol. The number of morpholine rings is 1. The molecule has 0 saturated carbocycles. The predicted molar refractivity (Wildman–Crippen MR) is 61.6 cm³/mol. The zero-order chi connectivity index (χ0) is 11.0. The van der Waals surface area contributed by atoms with Gasteiger partial charge in [0.2, 0.25) is 0 Å². The smallest absolute Gasteiger partial charge is 0.125 e. The van der Waals surface area contributed by atoms with E-state index in [-0.39, 0.29) is 5.60 Å². The zero-order valence-corrected chi connectivity index (χ0v) is 9.53. The molecule has 0 bridgehead atoms. The van der Waals surface area contributed by atoms with Crippen molar-refractivity contribution in [2.24, 2.45) is 5.92 Å². The van der Waals surface area contributed by atoms with E-state index < -0.39 is 0 Å². The molecule has 2 unspecified atom stereocenters. The van der Waals surface area contributed by atoms with Gasteiger partial charge in [0.25, 0.3) is 0 Å². The van der Waals surface area contributed by atoms with E-state index in [4.69, 9.17) is 9.47 Å². The van der Waals surface area contributed by atoms with Gasteiger partial charge in [-0.2, -0.15) is 0 Å². The van der Waals surface area contributed by atoms with Crippen LogP contribution < -0.4 is 10.1 Å². The Kier molecular flexibility index (Phi) is 2.37. The molecule has 16 heavy (non-hydrogen) atoms. The molecule has 3 nitrogen and oxygen atoms in total. The third-order valence-corrected chi connectivity index (χ3v) is 3.65. The monoisotopic (exact) mass is 219 g/mol. The SMILES string of the molecule is CC1COc2ccccc2C12CNCCO2. The number of benzene rings is 1. The van der Waals surface area contributed by atoms with Crippen molar-refractivity contribution in [1.29, 1.82) is 0 Å². The van der Waals surface area contributed by atoms with Gasteiger partial charge in [-0.25, -0.2) is 0 Å². The summed E-state index contributed by atoms with van der Waals surface area (Å²) in [6, 6.07) is 8.22. The van der Waals surface area contributed by atoms with Crippen LogP contribution in [0.25, 0.3) is 0 Å². The standard InChI is InChI=1S/C13H17NO2/c1-10-8-15-12-5-3-2-4-11(12)13(10)9-14-6-7-16-13/h2-5,10,14H,6-9H2,1H3. The van der Waals surface area contributed by atoms with Crippen LogP contribution in [0.1, 0.15) is 12.5 Å². The number of para-hydroxylation sites is 1. The van der Waals surface area contributed by atoms with E-state index in [9.17, 15) is 0 Å². The summed E-state index contributed by atoms with van der Waals surface area (Å²) < 4.78 is 11.9. The van der Waals surface area contributed by atoms with Gasteiger partial charge in [-0.15, -0.1) is 0 Å². The minimum atomic E-state index is -0.187. The molecule has 0 radical (unpaired) electrons. The third kappa shape index (κ3) is 1.35. The Morgan fingerprint density at radius 1 is 1.38 bits per heavy atom. The highest BCUT2D eigenvalue weighted by Crippen LogP contribution is 2.43. The van der Waals surface area contributed by atoms with Crippen molar-refractivity contribution in [2.45, 2.75) is 12.5 Å². The maximum absolute atomic E-state index is 6.10. The third-order valence-electron chi connectivity index (χ3n) is 3.65. The van der Waals surface area contributed by atoms with Crippen LogP contribution in [-0.2, 0) is 10.3 Å². The van der Waals surface area contributed by atoms with Crippen LogP contribution in [0, 0.1) is 5.92 Å². The second-order valence-corrected chi connectivity index (χ2v) is 4.62. The van der Waals surface area contributed by atoms with E-state index in [1.54, 1.807) is 0 Å². The van der Waals surface area contributed by atoms with Gasteiger partial charge in [-0.05, 0) is 6.07 Å². The maximum atomic E-state index is 6.10. The zero-order valence-electron chi connectivity index (χ0n) is 9.53. The Hall–Kier alpha value is -1.06. The lowest BCUT2D eigenvalue weighted by Gasteiger charge is -2.45. The fraction of sp³-hybridized carbons (Fsp3) is 0.538. The average Bonchev–Trinajstić information content (AvgIpc) is 2.36. The Morgan fingerprint density at radius 3 is 3.06 bits per heavy atom. The molecule has 1 aromatic rings. The Balaban J connectivity index is 2.08. The van der Waals surface area contributed by atoms with Crippen LogP contribution in [0.5, 0.6) is 5.75 Å². The Bertz CT molecular complexity index is 385. The Morgan fingerprint density at radius 2 is 2.25 bits per heavy atom. The topological polar surface area (TPSA) is 30.5 Å². The first-order chi connectivity index (χ1) is 7.83. The Labute approximate surface area is 95.8 Å². The maximum Gasteiger partial charge on any atom is 0.125 e. The van der Waals surface area contributed by atoms with E-state index in [1.807, 2.05) is 12.1 Å². The van der Waals surface area contributed by atoms with Crippen molar-refractivity contribution >= 4 is 0 Å². The molecule has 2 heterocycles. The van der Waals surface area contributed by atoms with E-state index in [2.05, 4.69) is 24.4 Å². The first-order valence-electron chi connectivity index (χ1n) is 5.90. The molecule has 2 aliphatic heterocycles. The summed E-state index contributed by atoms with van der Waals surface area (Å²) in [4.78, 5) is 0. The van der Waals surface area contributed by atoms with Gasteiger partial charge < -0.3 is 14.8 Å². The number of hydrogen-bond donors (Lipinski definition) is 1. The second kappa shape index (κ2) is 3.75. The van der Waals surface area contributed by atoms with E-state index in [1.165, 1.54) is 5.56 Å². The van der Waals surface area contributed by atoms with Gasteiger partial charge in [-0.3, -0.25) is 0 Å². The summed E-state index contributed by atoms with van der Waals surface area (Å²) >= 11 is 0. The van der Waals surface area contributed by atoms with Crippen molar-refractivity contribution in [3.05, 3.63) is 29.8 Å². The second-order valence-electron chi connectivity index (χ2n) is 4.62. The van der Waals surface area contributed by atoms with E-state index in [0.717, 1.165) is 32.1 Å². The summed E-state index contributed by atoms with van der Waals surface area (Å²) in [5.41, 5.74) is 1.01. The van der Waals surface area contributed by atoms with Gasteiger partial charge >= 0.3 is 0 Å². The molecular weight excluding hydrogens is 202 g/mol. The van der Waals surface area contributed by atoms with Gasteiger partial charge in [0, 0.05) is 24.6 Å². The highest BCUT2D eigenvalue weighted by Gasteiger charge is 2.45. The van der Waals surface area contributed by atoms with Crippen LogP contribution in [0.3, 0.4) is 0 Å². The highest BCUT2D eigenvalue weighted by molar-refractivity contribution is 5.41. The molecule has 86 valence electrons. The highest BCUT2D eigenvalue weighted by atomic mass is 16.5. The molecule has 1 saturated heterocycles. The molecule has 1 N–H and O–H groups in total. The first kappa shape index (κ1) is 10.1. The number of rotatable bonds is 0. The van der Waals surface area contributed by atoms with E-state index >= 15 is 0 Å². The lowest BCUT2D eigenvalue weighted by molar-refractivity contribution is -0.126. The molecule has 0 aromatic heterocycles. The van der Waals surface area contributed by atoms with E-state index in [0.29, 0.717) is 5.92 Å². The fourth-order valence-electron chi connectivity index (χ4n) is 2.68. The quantitative estimate of drug-likeness (QED) is 0.718. The van der Waals surface area contributed by atoms with Gasteiger partial charge in [0.15, 0.2) is 0 Å². The fourth-order valence-corrected chi connectivity index (χ4v) is 2.68. The lowest BCUT2D eigenvalue weighted by atomic mass is 9.79. The molecule has 1 spiro atoms. The molecule has 1 aromatic carbocycles. The summed E-state index contributed by atoms with van der Waals surface area (Å²) in [5, 5.41) is 3.44. The van der Waals surface area contributed by atoms with Crippen LogP contribution in [-0.4, -0.2) is 26.3 Å². The summed E-state index contributed by atoms with van der Waals surface area (Å²) in [5.74, 6) is 1.36. The minimum absolute atomic E-state index is 0.187. The normalized spacial score (nSPS) is 33.2. The number of ether oxygens (including phenoxy) is 2. The van der Waals surface area contributed by atoms with Crippen LogP contribution in [0.2, 0.25) is 0 Å². The molecule has 3 heteroatoms. The number of fused-ring (bicyclic) bond motifs is 2. The molecule has 2 atom stereocenters. The van der Waals surface area contributed by atoms with Crippen LogP contribution in [0.4, 0.5) is 0 Å². The molecule has 2 aliphatic rings. The van der Waals surface area contributed by atoms with Crippen LogP contribution in [0.15, 0.2) is 24.3 Å². The summed E-state index contributed by atoms with van der Waals surface area (Å²) in [6.45, 7) is 5.53. The van der Waals surface area contributed by atoms with Gasteiger partial charge in [-0.1, -0.05) is 25.1 Å². The van der Waals surface area contributed by atoms with Gasteiger partial charge in [0.1, 0.15) is 11.4 Å². The van der Waals surface area contributed by atoms with Gasteiger partial charge in [0.05, 0.1) is 13.2 Å². The molecular formula is C13H17NO2. The largest absolute Gasteiger partial charge is 0.493 e. The number of nitrogens with one attached hydrogen (secondary N) is 1. The predicted octanol–water partition coefficient (Wildman–Crippen LogP) is 1.53. The summed E-state index contributed by atoms with van der Waals surface area (Å²) in [7, 11) is 0.